The minimum Gasteiger partial charge on any atom is -0.497 e. The van der Waals surface area contributed by atoms with Crippen molar-refractivity contribution in [3.63, 3.8) is 0 Å². The fourth-order valence-electron chi connectivity index (χ4n) is 2.36. The molecule has 0 saturated heterocycles. The van der Waals surface area contributed by atoms with Crippen LogP contribution in [0.15, 0.2) is 53.5 Å². The molecule has 0 heterocycles. The molecule has 27 heavy (non-hydrogen) atoms. The summed E-state index contributed by atoms with van der Waals surface area (Å²) >= 11 is 0. The predicted molar refractivity (Wildman–Crippen MR) is 119 cm³/mol. The number of aliphatic imine (C=N–C) groups is 1. The number of benzene rings is 2. The molecular weight excluding hydrogens is 457 g/mol. The molecule has 0 atom stereocenters. The Balaban J connectivity index is 0.00000364. The van der Waals surface area contributed by atoms with E-state index in [4.69, 9.17) is 14.2 Å². The normalized spacial score (nSPS) is 10.7. The van der Waals surface area contributed by atoms with Crippen LogP contribution in [0, 0.1) is 0 Å². The van der Waals surface area contributed by atoms with Gasteiger partial charge in [-0.3, -0.25) is 4.99 Å². The molecule has 0 saturated carbocycles. The van der Waals surface area contributed by atoms with E-state index in [1.54, 1.807) is 21.3 Å². The van der Waals surface area contributed by atoms with E-state index in [0.717, 1.165) is 28.6 Å². The Bertz CT molecular complexity index is 710. The van der Waals surface area contributed by atoms with E-state index >= 15 is 0 Å². The van der Waals surface area contributed by atoms with Crippen molar-refractivity contribution in [3.05, 3.63) is 59.7 Å². The van der Waals surface area contributed by atoms with E-state index in [1.165, 1.54) is 0 Å². The van der Waals surface area contributed by atoms with E-state index in [2.05, 4.69) is 15.6 Å². The summed E-state index contributed by atoms with van der Waals surface area (Å²) < 4.78 is 15.9. The summed E-state index contributed by atoms with van der Waals surface area (Å²) in [6, 6.07) is 15.9. The van der Waals surface area contributed by atoms with Gasteiger partial charge in [0.25, 0.3) is 0 Å². The summed E-state index contributed by atoms with van der Waals surface area (Å²) in [5, 5.41) is 6.61. The summed E-state index contributed by atoms with van der Waals surface area (Å²) in [5.41, 5.74) is 2.24. The highest BCUT2D eigenvalue weighted by Gasteiger charge is 2.02. The molecule has 148 valence electrons. The third-order valence-corrected chi connectivity index (χ3v) is 3.73. The standard InChI is InChI=1S/C20H27N3O3.HI/c1-21-20(22-14-16-6-4-8-18(12-16)25-3)23-15-17-7-5-9-19(13-17)26-11-10-24-2;/h4-9,12-13H,10-11,14-15H2,1-3H3,(H2,21,22,23);1H. The predicted octanol–water partition coefficient (Wildman–Crippen LogP) is 3.20. The zero-order valence-corrected chi connectivity index (χ0v) is 18.4. The fourth-order valence-corrected chi connectivity index (χ4v) is 2.36. The first-order chi connectivity index (χ1) is 12.7. The number of rotatable bonds is 9. The molecular formula is C20H28IN3O3. The molecule has 0 unspecified atom stereocenters. The second-order valence-corrected chi connectivity index (χ2v) is 5.62. The van der Waals surface area contributed by atoms with Crippen molar-refractivity contribution in [3.8, 4) is 11.5 Å². The number of halogens is 1. The number of hydrogen-bond acceptors (Lipinski definition) is 4. The molecule has 0 aliphatic rings. The van der Waals surface area contributed by atoms with Crippen LogP contribution >= 0.6 is 24.0 Å². The number of nitrogens with one attached hydrogen (secondary N) is 2. The maximum atomic E-state index is 5.64. The average molecular weight is 485 g/mol. The number of hydrogen-bond donors (Lipinski definition) is 2. The molecule has 0 aromatic heterocycles. The van der Waals surface area contributed by atoms with Crippen molar-refractivity contribution in [2.75, 3.05) is 34.5 Å². The second kappa shape index (κ2) is 13.2. The van der Waals surface area contributed by atoms with Gasteiger partial charge in [-0.25, -0.2) is 0 Å². The SMILES string of the molecule is CN=C(NCc1cccc(OC)c1)NCc1cccc(OCCOC)c1.I. The van der Waals surface area contributed by atoms with Crippen LogP contribution in [0.4, 0.5) is 0 Å². The van der Waals surface area contributed by atoms with E-state index in [9.17, 15) is 0 Å². The van der Waals surface area contributed by atoms with Gasteiger partial charge in [0.05, 0.1) is 13.7 Å². The molecule has 2 aromatic rings. The summed E-state index contributed by atoms with van der Waals surface area (Å²) in [5.74, 6) is 2.41. The van der Waals surface area contributed by atoms with Gasteiger partial charge < -0.3 is 24.8 Å². The number of guanidine groups is 1. The van der Waals surface area contributed by atoms with Gasteiger partial charge in [-0.05, 0) is 35.4 Å². The van der Waals surface area contributed by atoms with E-state index in [1.807, 2.05) is 48.5 Å². The molecule has 0 aliphatic heterocycles. The highest BCUT2D eigenvalue weighted by molar-refractivity contribution is 14.0. The van der Waals surface area contributed by atoms with E-state index in [-0.39, 0.29) is 24.0 Å². The Labute approximate surface area is 178 Å². The van der Waals surface area contributed by atoms with Crippen LogP contribution < -0.4 is 20.1 Å². The van der Waals surface area contributed by atoms with Crippen molar-refractivity contribution in [1.82, 2.24) is 10.6 Å². The molecule has 0 radical (unpaired) electrons. The molecule has 2 rings (SSSR count). The van der Waals surface area contributed by atoms with Crippen LogP contribution in [0.1, 0.15) is 11.1 Å². The molecule has 7 heteroatoms. The van der Waals surface area contributed by atoms with E-state index in [0.29, 0.717) is 26.3 Å². The van der Waals surface area contributed by atoms with Gasteiger partial charge in [-0.15, -0.1) is 24.0 Å². The summed E-state index contributed by atoms with van der Waals surface area (Å²) in [7, 11) is 5.08. The Morgan fingerprint density at radius 1 is 0.889 bits per heavy atom. The zero-order chi connectivity index (χ0) is 18.6. The van der Waals surface area contributed by atoms with Gasteiger partial charge in [0.2, 0.25) is 0 Å². The van der Waals surface area contributed by atoms with Crippen molar-refractivity contribution in [2.45, 2.75) is 13.1 Å². The molecule has 0 spiro atoms. The molecule has 0 amide bonds. The average Bonchev–Trinajstić information content (AvgIpc) is 2.69. The van der Waals surface area contributed by atoms with Crippen molar-refractivity contribution >= 4 is 29.9 Å². The first-order valence-electron chi connectivity index (χ1n) is 8.53. The maximum Gasteiger partial charge on any atom is 0.191 e. The number of ether oxygens (including phenoxy) is 3. The van der Waals surface area contributed by atoms with Crippen molar-refractivity contribution < 1.29 is 14.2 Å². The lowest BCUT2D eigenvalue weighted by Gasteiger charge is -2.13. The van der Waals surface area contributed by atoms with Crippen LogP contribution in [-0.4, -0.2) is 40.4 Å². The Kier molecular flexibility index (Phi) is 11.3. The topological polar surface area (TPSA) is 64.1 Å². The van der Waals surface area contributed by atoms with Crippen molar-refractivity contribution in [1.29, 1.82) is 0 Å². The lowest BCUT2D eigenvalue weighted by molar-refractivity contribution is 0.146. The quantitative estimate of drug-likeness (QED) is 0.247. The first kappa shape index (κ1) is 23.0. The third-order valence-electron chi connectivity index (χ3n) is 3.73. The van der Waals surface area contributed by atoms with Gasteiger partial charge >= 0.3 is 0 Å². The number of nitrogens with zero attached hydrogens (tertiary/aromatic N) is 1. The Morgan fingerprint density at radius 3 is 2.04 bits per heavy atom. The summed E-state index contributed by atoms with van der Waals surface area (Å²) in [6.07, 6.45) is 0. The third kappa shape index (κ3) is 8.49. The highest BCUT2D eigenvalue weighted by Crippen LogP contribution is 2.13. The van der Waals surface area contributed by atoms with Gasteiger partial charge in [-0.1, -0.05) is 24.3 Å². The van der Waals surface area contributed by atoms with Crippen molar-refractivity contribution in [2.24, 2.45) is 4.99 Å². The maximum absolute atomic E-state index is 5.64. The molecule has 0 bridgehead atoms. The first-order valence-corrected chi connectivity index (χ1v) is 8.53. The summed E-state index contributed by atoms with van der Waals surface area (Å²) in [6.45, 7) is 2.43. The summed E-state index contributed by atoms with van der Waals surface area (Å²) in [4.78, 5) is 4.26. The zero-order valence-electron chi connectivity index (χ0n) is 16.0. The molecule has 0 aliphatic carbocycles. The van der Waals surface area contributed by atoms with Crippen LogP contribution in [0.2, 0.25) is 0 Å². The molecule has 6 nitrogen and oxygen atoms in total. The Morgan fingerprint density at radius 2 is 1.48 bits per heavy atom. The van der Waals surface area contributed by atoms with Gasteiger partial charge in [-0.2, -0.15) is 0 Å². The highest BCUT2D eigenvalue weighted by atomic mass is 127. The minimum absolute atomic E-state index is 0. The van der Waals surface area contributed by atoms with Crippen LogP contribution in [-0.2, 0) is 17.8 Å². The fraction of sp³-hybridized carbons (Fsp3) is 0.350. The second-order valence-electron chi connectivity index (χ2n) is 5.62. The minimum atomic E-state index is 0. The Hall–Kier alpha value is -2.00. The van der Waals surface area contributed by atoms with Crippen LogP contribution in [0.5, 0.6) is 11.5 Å². The molecule has 2 aromatic carbocycles. The van der Waals surface area contributed by atoms with Gasteiger partial charge in [0.1, 0.15) is 18.1 Å². The monoisotopic (exact) mass is 485 g/mol. The van der Waals surface area contributed by atoms with E-state index < -0.39 is 0 Å². The lowest BCUT2D eigenvalue weighted by Crippen LogP contribution is -2.36. The number of methoxy groups -OCH3 is 2. The lowest BCUT2D eigenvalue weighted by atomic mass is 10.2. The largest absolute Gasteiger partial charge is 0.497 e. The molecule has 2 N–H and O–H groups in total. The van der Waals surface area contributed by atoms with Gasteiger partial charge in [0.15, 0.2) is 5.96 Å². The van der Waals surface area contributed by atoms with Crippen LogP contribution in [0.3, 0.4) is 0 Å². The van der Waals surface area contributed by atoms with Crippen LogP contribution in [0.25, 0.3) is 0 Å². The molecule has 0 fully saturated rings. The smallest absolute Gasteiger partial charge is 0.191 e. The van der Waals surface area contributed by atoms with Gasteiger partial charge in [0, 0.05) is 27.2 Å².